The highest BCUT2D eigenvalue weighted by atomic mass is 35.5. The van der Waals surface area contributed by atoms with Crippen LogP contribution in [0.15, 0.2) is 51.9 Å². The van der Waals surface area contributed by atoms with Gasteiger partial charge in [-0.2, -0.15) is 4.98 Å². The second kappa shape index (κ2) is 8.94. The van der Waals surface area contributed by atoms with Crippen LogP contribution in [0.25, 0.3) is 0 Å². The third-order valence-electron chi connectivity index (χ3n) is 4.51. The lowest BCUT2D eigenvalue weighted by Gasteiger charge is -2.18. The molecule has 0 aliphatic carbocycles. The van der Waals surface area contributed by atoms with Crippen LogP contribution in [0.1, 0.15) is 22.8 Å². The molecule has 29 heavy (non-hydrogen) atoms. The van der Waals surface area contributed by atoms with Gasteiger partial charge in [0.05, 0.1) is 4.90 Å². The zero-order valence-electron chi connectivity index (χ0n) is 16.4. The molecule has 9 heteroatoms. The summed E-state index contributed by atoms with van der Waals surface area (Å²) in [5.41, 5.74) is 1.53. The van der Waals surface area contributed by atoms with Gasteiger partial charge in [-0.05, 0) is 43.2 Å². The molecule has 0 fully saturated rings. The van der Waals surface area contributed by atoms with E-state index in [1.54, 1.807) is 25.1 Å². The molecular formula is C20H22ClN3O4S. The van der Waals surface area contributed by atoms with Gasteiger partial charge in [0.2, 0.25) is 10.0 Å². The van der Waals surface area contributed by atoms with E-state index >= 15 is 0 Å². The fourth-order valence-corrected chi connectivity index (χ4v) is 4.37. The molecule has 0 bridgehead atoms. The van der Waals surface area contributed by atoms with Crippen molar-refractivity contribution in [3.63, 3.8) is 0 Å². The van der Waals surface area contributed by atoms with E-state index in [1.807, 2.05) is 31.2 Å². The van der Waals surface area contributed by atoms with Crippen LogP contribution in [0.4, 0.5) is 0 Å². The third kappa shape index (κ3) is 4.95. The Morgan fingerprint density at radius 1 is 1.14 bits per heavy atom. The smallest absolute Gasteiger partial charge is 0.264 e. The number of nitrogens with zero attached hydrogens (tertiary/aromatic N) is 3. The monoisotopic (exact) mass is 435 g/mol. The molecule has 2 aromatic carbocycles. The number of ether oxygens (including phenoxy) is 1. The van der Waals surface area contributed by atoms with Crippen molar-refractivity contribution >= 4 is 21.6 Å². The van der Waals surface area contributed by atoms with Gasteiger partial charge in [-0.3, -0.25) is 0 Å². The molecule has 7 nitrogen and oxygen atoms in total. The van der Waals surface area contributed by atoms with E-state index in [1.165, 1.54) is 11.4 Å². The van der Waals surface area contributed by atoms with Gasteiger partial charge in [-0.1, -0.05) is 41.0 Å². The lowest BCUT2D eigenvalue weighted by molar-refractivity contribution is 0.241. The average molecular weight is 436 g/mol. The lowest BCUT2D eigenvalue weighted by atomic mass is 10.2. The third-order valence-corrected chi connectivity index (χ3v) is 6.92. The SMILES string of the molecule is Cc1ccccc1OCc1nc(CCN(C)S(=O)(=O)c2cccc(Cl)c2C)no1. The summed E-state index contributed by atoms with van der Waals surface area (Å²) in [5, 5.41) is 4.31. The van der Waals surface area contributed by atoms with Crippen molar-refractivity contribution in [1.29, 1.82) is 0 Å². The fourth-order valence-electron chi connectivity index (χ4n) is 2.72. The second-order valence-corrected chi connectivity index (χ2v) is 9.02. The number of hydrogen-bond acceptors (Lipinski definition) is 6. The Kier molecular flexibility index (Phi) is 6.56. The largest absolute Gasteiger partial charge is 0.483 e. The summed E-state index contributed by atoms with van der Waals surface area (Å²) in [6.45, 7) is 3.98. The number of para-hydroxylation sites is 1. The minimum atomic E-state index is -3.67. The molecule has 1 aromatic heterocycles. The van der Waals surface area contributed by atoms with Gasteiger partial charge >= 0.3 is 0 Å². The summed E-state index contributed by atoms with van der Waals surface area (Å²) in [7, 11) is -2.16. The second-order valence-electron chi connectivity index (χ2n) is 6.60. The first-order chi connectivity index (χ1) is 13.8. The van der Waals surface area contributed by atoms with Crippen LogP contribution in [0.5, 0.6) is 5.75 Å². The maximum atomic E-state index is 12.8. The Morgan fingerprint density at radius 3 is 2.66 bits per heavy atom. The zero-order valence-corrected chi connectivity index (χ0v) is 18.0. The summed E-state index contributed by atoms with van der Waals surface area (Å²) in [6.07, 6.45) is 0.309. The summed E-state index contributed by atoms with van der Waals surface area (Å²) in [4.78, 5) is 4.46. The van der Waals surface area contributed by atoms with E-state index in [9.17, 15) is 8.42 Å². The van der Waals surface area contributed by atoms with E-state index in [2.05, 4.69) is 10.1 Å². The Labute approximate surface area is 175 Å². The van der Waals surface area contributed by atoms with E-state index in [-0.39, 0.29) is 18.0 Å². The lowest BCUT2D eigenvalue weighted by Crippen LogP contribution is -2.29. The number of aromatic nitrogens is 2. The van der Waals surface area contributed by atoms with Gasteiger partial charge in [0.1, 0.15) is 5.75 Å². The Balaban J connectivity index is 1.60. The highest BCUT2D eigenvalue weighted by molar-refractivity contribution is 7.89. The summed E-state index contributed by atoms with van der Waals surface area (Å²) in [6, 6.07) is 12.5. The molecule has 0 aliphatic rings. The molecule has 3 rings (SSSR count). The summed E-state index contributed by atoms with van der Waals surface area (Å²) >= 11 is 6.06. The fraction of sp³-hybridized carbons (Fsp3) is 0.300. The maximum Gasteiger partial charge on any atom is 0.264 e. The number of sulfonamides is 1. The normalized spacial score (nSPS) is 11.8. The van der Waals surface area contributed by atoms with Crippen molar-refractivity contribution in [2.24, 2.45) is 0 Å². The minimum Gasteiger partial charge on any atom is -0.483 e. The van der Waals surface area contributed by atoms with E-state index < -0.39 is 10.0 Å². The zero-order chi connectivity index (χ0) is 21.0. The van der Waals surface area contributed by atoms with Crippen molar-refractivity contribution in [3.8, 4) is 5.75 Å². The predicted octanol–water partition coefficient (Wildman–Crippen LogP) is 3.78. The number of halogens is 1. The van der Waals surface area contributed by atoms with Crippen LogP contribution in [0.3, 0.4) is 0 Å². The molecule has 0 saturated carbocycles. The molecule has 0 saturated heterocycles. The molecule has 1 heterocycles. The number of hydrogen-bond donors (Lipinski definition) is 0. The van der Waals surface area contributed by atoms with Gasteiger partial charge in [-0.25, -0.2) is 12.7 Å². The van der Waals surface area contributed by atoms with Crippen LogP contribution < -0.4 is 4.74 Å². The first kappa shape index (κ1) is 21.3. The van der Waals surface area contributed by atoms with Gasteiger partial charge in [0.25, 0.3) is 5.89 Å². The van der Waals surface area contributed by atoms with Crippen LogP contribution in [0, 0.1) is 13.8 Å². The van der Waals surface area contributed by atoms with Crippen molar-refractivity contribution in [3.05, 3.63) is 70.3 Å². The number of rotatable bonds is 8. The van der Waals surface area contributed by atoms with E-state index in [0.717, 1.165) is 11.3 Å². The quantitative estimate of drug-likeness (QED) is 0.535. The number of benzene rings is 2. The first-order valence-electron chi connectivity index (χ1n) is 9.00. The van der Waals surface area contributed by atoms with Gasteiger partial charge < -0.3 is 9.26 Å². The molecule has 0 atom stereocenters. The molecular weight excluding hydrogens is 414 g/mol. The van der Waals surface area contributed by atoms with Crippen LogP contribution in [-0.4, -0.2) is 36.5 Å². The highest BCUT2D eigenvalue weighted by Crippen LogP contribution is 2.25. The molecule has 0 unspecified atom stereocenters. The molecule has 3 aromatic rings. The van der Waals surface area contributed by atoms with Crippen molar-refractivity contribution < 1.29 is 17.7 Å². The van der Waals surface area contributed by atoms with Gasteiger partial charge in [0, 0.05) is 25.0 Å². The highest BCUT2D eigenvalue weighted by Gasteiger charge is 2.24. The average Bonchev–Trinajstić information content (AvgIpc) is 3.15. The summed E-state index contributed by atoms with van der Waals surface area (Å²) in [5.74, 6) is 1.49. The van der Waals surface area contributed by atoms with Crippen molar-refractivity contribution in [2.45, 2.75) is 31.8 Å². The van der Waals surface area contributed by atoms with Gasteiger partial charge in [0.15, 0.2) is 12.4 Å². The standard InChI is InChI=1S/C20H22ClN3O4S/c1-14-7-4-5-9-17(14)27-13-20-22-19(23-28-20)11-12-24(3)29(25,26)18-10-6-8-16(21)15(18)2/h4-10H,11-13H2,1-3H3. The molecule has 0 N–H and O–H groups in total. The first-order valence-corrected chi connectivity index (χ1v) is 10.8. The predicted molar refractivity (Wildman–Crippen MR) is 110 cm³/mol. The Bertz CT molecular complexity index is 1100. The Hall–Kier alpha value is -2.42. The topological polar surface area (TPSA) is 85.5 Å². The van der Waals surface area contributed by atoms with Crippen LogP contribution >= 0.6 is 11.6 Å². The molecule has 0 spiro atoms. The van der Waals surface area contributed by atoms with Crippen LogP contribution in [-0.2, 0) is 23.1 Å². The van der Waals surface area contributed by atoms with Crippen LogP contribution in [0.2, 0.25) is 5.02 Å². The molecule has 0 radical (unpaired) electrons. The number of likely N-dealkylation sites (N-methyl/N-ethyl adjacent to an activating group) is 1. The summed E-state index contributed by atoms with van der Waals surface area (Å²) < 4.78 is 37.7. The number of aryl methyl sites for hydroxylation is 1. The Morgan fingerprint density at radius 2 is 1.90 bits per heavy atom. The minimum absolute atomic E-state index is 0.147. The molecule has 0 aliphatic heterocycles. The van der Waals surface area contributed by atoms with Gasteiger partial charge in [-0.15, -0.1) is 0 Å². The molecule has 154 valence electrons. The van der Waals surface area contributed by atoms with E-state index in [0.29, 0.717) is 28.7 Å². The van der Waals surface area contributed by atoms with Crippen molar-refractivity contribution in [2.75, 3.05) is 13.6 Å². The van der Waals surface area contributed by atoms with Crippen molar-refractivity contribution in [1.82, 2.24) is 14.4 Å². The maximum absolute atomic E-state index is 12.8. The van der Waals surface area contributed by atoms with E-state index in [4.69, 9.17) is 20.9 Å². The molecule has 0 amide bonds.